The van der Waals surface area contributed by atoms with Crippen LogP contribution in [0.25, 0.3) is 44.5 Å². The lowest BCUT2D eigenvalue weighted by molar-refractivity contribution is 1.54. The first-order chi connectivity index (χ1) is 11.3. The Morgan fingerprint density at radius 1 is 0.739 bits per heavy atom. The summed E-state index contributed by atoms with van der Waals surface area (Å²) in [5, 5.41) is 9.02. The van der Waals surface area contributed by atoms with Gasteiger partial charge in [0.05, 0.1) is 0 Å². The molecular formula is C23H18. The molecule has 0 heterocycles. The maximum Gasteiger partial charge on any atom is -0.00237 e. The minimum atomic E-state index is 1.17. The van der Waals surface area contributed by atoms with Crippen molar-refractivity contribution in [1.29, 1.82) is 0 Å². The summed E-state index contributed by atoms with van der Waals surface area (Å²) in [7, 11) is 0. The number of hydrogen-bond acceptors (Lipinski definition) is 0. The summed E-state index contributed by atoms with van der Waals surface area (Å²) in [6.45, 7) is 10.1. The minimum absolute atomic E-state index is 1.17. The highest BCUT2D eigenvalue weighted by Crippen LogP contribution is 2.33. The van der Waals surface area contributed by atoms with Crippen molar-refractivity contribution < 1.29 is 0 Å². The van der Waals surface area contributed by atoms with E-state index in [-0.39, 0.29) is 0 Å². The van der Waals surface area contributed by atoms with E-state index in [1.807, 2.05) is 12.2 Å². The molecule has 23 heavy (non-hydrogen) atoms. The molecule has 0 saturated heterocycles. The average molecular weight is 294 g/mol. The Balaban J connectivity index is 2.50. The lowest BCUT2D eigenvalue weighted by Gasteiger charge is -2.14. The van der Waals surface area contributed by atoms with Gasteiger partial charge in [-0.15, -0.1) is 0 Å². The van der Waals surface area contributed by atoms with Crippen LogP contribution in [-0.2, 0) is 0 Å². The quantitative estimate of drug-likeness (QED) is 0.324. The van der Waals surface area contributed by atoms with Crippen LogP contribution in [-0.4, -0.2) is 0 Å². The zero-order chi connectivity index (χ0) is 16.0. The topological polar surface area (TPSA) is 0 Å². The van der Waals surface area contributed by atoms with Crippen molar-refractivity contribution in [2.75, 3.05) is 0 Å². The number of fused-ring (bicyclic) bond motifs is 2. The van der Waals surface area contributed by atoms with Gasteiger partial charge in [0.1, 0.15) is 0 Å². The maximum absolute atomic E-state index is 4.00. The molecule has 110 valence electrons. The van der Waals surface area contributed by atoms with Crippen molar-refractivity contribution in [3.05, 3.63) is 84.1 Å². The second kappa shape index (κ2) is 5.10. The molecule has 0 nitrogen and oxygen atoms in total. The highest BCUT2D eigenvalue weighted by atomic mass is 14.1. The van der Waals surface area contributed by atoms with Crippen LogP contribution in [0.3, 0.4) is 0 Å². The molecule has 0 heteroatoms. The lowest BCUT2D eigenvalue weighted by Crippen LogP contribution is -2.06. The van der Waals surface area contributed by atoms with E-state index in [0.29, 0.717) is 0 Å². The lowest BCUT2D eigenvalue weighted by atomic mass is 9.89. The Kier molecular flexibility index (Phi) is 3.06. The summed E-state index contributed by atoms with van der Waals surface area (Å²) in [5.41, 5.74) is 2.48. The van der Waals surface area contributed by atoms with Crippen molar-refractivity contribution >= 4 is 44.5 Å². The summed E-state index contributed by atoms with van der Waals surface area (Å²) in [4.78, 5) is 0. The molecule has 0 aliphatic rings. The molecule has 4 rings (SSSR count). The monoisotopic (exact) mass is 294 g/mol. The molecule has 0 bridgehead atoms. The zero-order valence-electron chi connectivity index (χ0n) is 13.3. The van der Waals surface area contributed by atoms with Gasteiger partial charge in [-0.1, -0.05) is 79.9 Å². The van der Waals surface area contributed by atoms with Gasteiger partial charge in [-0.3, -0.25) is 0 Å². The van der Waals surface area contributed by atoms with Crippen LogP contribution < -0.4 is 5.22 Å². The first kappa shape index (κ1) is 13.8. The first-order valence-electron chi connectivity index (χ1n) is 7.88. The van der Waals surface area contributed by atoms with E-state index in [1.54, 1.807) is 0 Å². The second-order valence-corrected chi connectivity index (χ2v) is 5.95. The Morgan fingerprint density at radius 2 is 1.43 bits per heavy atom. The molecular weight excluding hydrogens is 276 g/mol. The fourth-order valence-electron chi connectivity index (χ4n) is 3.69. The van der Waals surface area contributed by atoms with Crippen LogP contribution in [0.15, 0.2) is 67.8 Å². The van der Waals surface area contributed by atoms with Gasteiger partial charge in [-0.2, -0.15) is 0 Å². The van der Waals surface area contributed by atoms with E-state index in [0.717, 1.165) is 0 Å². The van der Waals surface area contributed by atoms with E-state index in [4.69, 9.17) is 0 Å². The maximum atomic E-state index is 4.00. The summed E-state index contributed by atoms with van der Waals surface area (Å²) < 4.78 is 0. The predicted octanol–water partition coefficient (Wildman–Crippen LogP) is 5.78. The van der Waals surface area contributed by atoms with E-state index >= 15 is 0 Å². The third kappa shape index (κ3) is 1.85. The fourth-order valence-corrected chi connectivity index (χ4v) is 3.69. The average Bonchev–Trinajstić information content (AvgIpc) is 2.59. The predicted molar refractivity (Wildman–Crippen MR) is 104 cm³/mol. The van der Waals surface area contributed by atoms with Crippen molar-refractivity contribution in [3.8, 4) is 0 Å². The van der Waals surface area contributed by atoms with Crippen molar-refractivity contribution in [2.45, 2.75) is 6.92 Å². The molecule has 0 atom stereocenters. The van der Waals surface area contributed by atoms with Crippen LogP contribution in [0.2, 0.25) is 0 Å². The second-order valence-electron chi connectivity index (χ2n) is 5.95. The van der Waals surface area contributed by atoms with Gasteiger partial charge in [0.2, 0.25) is 0 Å². The molecule has 0 aliphatic heterocycles. The van der Waals surface area contributed by atoms with Crippen molar-refractivity contribution in [2.24, 2.45) is 0 Å². The first-order valence-corrected chi connectivity index (χ1v) is 7.88. The van der Waals surface area contributed by atoms with Crippen LogP contribution in [0.4, 0.5) is 0 Å². The van der Waals surface area contributed by atoms with Gasteiger partial charge in [0, 0.05) is 0 Å². The van der Waals surface area contributed by atoms with Crippen molar-refractivity contribution in [3.63, 3.8) is 0 Å². The Bertz CT molecular complexity index is 1140. The minimum Gasteiger partial charge on any atom is -0.0990 e. The van der Waals surface area contributed by atoms with Gasteiger partial charge in [-0.25, -0.2) is 0 Å². The molecule has 0 aromatic heterocycles. The molecule has 0 unspecified atom stereocenters. The standard InChI is InChI=1S/C23H18/c1-4-8-18-20-12-7-10-17-15(3)13-14-21(23(17)20)19-11-6-9-16(5-2)22(18)19/h4-14H,1-2H2,3H3/b18-8-. The smallest absolute Gasteiger partial charge is 0.00237 e. The Labute approximate surface area is 136 Å². The van der Waals surface area contributed by atoms with E-state index in [1.165, 1.54) is 48.7 Å². The molecule has 0 fully saturated rings. The molecule has 4 aromatic carbocycles. The largest absolute Gasteiger partial charge is 0.0990 e. The number of allylic oxidation sites excluding steroid dienone is 1. The third-order valence-electron chi connectivity index (χ3n) is 4.71. The Morgan fingerprint density at radius 3 is 2.22 bits per heavy atom. The number of benzene rings is 4. The highest BCUT2D eigenvalue weighted by Gasteiger charge is 2.11. The molecule has 0 aliphatic carbocycles. The number of aryl methyl sites for hydroxylation is 1. The van der Waals surface area contributed by atoms with Gasteiger partial charge in [0.15, 0.2) is 0 Å². The van der Waals surface area contributed by atoms with E-state index in [2.05, 4.69) is 74.7 Å². The van der Waals surface area contributed by atoms with Gasteiger partial charge in [0.25, 0.3) is 0 Å². The van der Waals surface area contributed by atoms with E-state index in [9.17, 15) is 0 Å². The molecule has 0 saturated carbocycles. The number of rotatable bonds is 2. The molecule has 0 N–H and O–H groups in total. The Hall–Kier alpha value is -2.86. The van der Waals surface area contributed by atoms with Gasteiger partial charge >= 0.3 is 0 Å². The third-order valence-corrected chi connectivity index (χ3v) is 4.71. The number of hydrogen-bond donors (Lipinski definition) is 0. The molecule has 4 aromatic rings. The zero-order valence-corrected chi connectivity index (χ0v) is 13.3. The van der Waals surface area contributed by atoms with Gasteiger partial charge < -0.3 is 0 Å². The van der Waals surface area contributed by atoms with Gasteiger partial charge in [-0.05, 0) is 55.6 Å². The van der Waals surface area contributed by atoms with Crippen LogP contribution in [0.5, 0.6) is 0 Å². The van der Waals surface area contributed by atoms with Crippen LogP contribution in [0, 0.1) is 6.92 Å². The summed E-state index contributed by atoms with van der Waals surface area (Å²) in [5.74, 6) is 0. The van der Waals surface area contributed by atoms with Crippen LogP contribution in [0.1, 0.15) is 11.1 Å². The molecule has 0 amide bonds. The molecule has 0 spiro atoms. The van der Waals surface area contributed by atoms with Crippen molar-refractivity contribution in [1.82, 2.24) is 0 Å². The highest BCUT2D eigenvalue weighted by molar-refractivity contribution is 6.23. The normalized spacial score (nSPS) is 12.3. The summed E-state index contributed by atoms with van der Waals surface area (Å²) in [6.07, 6.45) is 5.93. The summed E-state index contributed by atoms with van der Waals surface area (Å²) in [6, 6.07) is 17.5. The van der Waals surface area contributed by atoms with Crippen LogP contribution >= 0.6 is 0 Å². The molecule has 0 radical (unpaired) electrons. The summed E-state index contributed by atoms with van der Waals surface area (Å²) >= 11 is 0. The SMILES string of the molecule is C=C/C=c1/c2cccc3c(C)ccc(c4cccc(C=C)c14)c32. The van der Waals surface area contributed by atoms with E-state index < -0.39 is 0 Å². The fraction of sp³-hybridized carbons (Fsp3) is 0.0435.